The van der Waals surface area contributed by atoms with E-state index in [1.165, 1.54) is 30.5 Å². The molecule has 2 rings (SSSR count). The van der Waals surface area contributed by atoms with Crippen molar-refractivity contribution in [1.82, 2.24) is 4.98 Å². The molecule has 0 saturated carbocycles. The van der Waals surface area contributed by atoms with Crippen LogP contribution in [0.1, 0.15) is 11.1 Å². The maximum absolute atomic E-state index is 12.5. The molecule has 0 spiro atoms. The number of nitrogens with one attached hydrogen (secondary N) is 1. The predicted molar refractivity (Wildman–Crippen MR) is 78.5 cm³/mol. The zero-order valence-electron chi connectivity index (χ0n) is 11.7. The number of nitrogens with zero attached hydrogens (tertiary/aromatic N) is 2. The van der Waals surface area contributed by atoms with Gasteiger partial charge >= 0.3 is 12.8 Å². The van der Waals surface area contributed by atoms with Crippen molar-refractivity contribution in [2.45, 2.75) is 12.8 Å². The number of hydrazone groups is 1. The molecule has 24 heavy (non-hydrogen) atoms. The Labute approximate surface area is 137 Å². The van der Waals surface area contributed by atoms with Gasteiger partial charge in [0.1, 0.15) is 5.75 Å². The minimum absolute atomic E-state index is 0.0115. The van der Waals surface area contributed by atoms with Crippen LogP contribution in [0.3, 0.4) is 0 Å². The van der Waals surface area contributed by atoms with Gasteiger partial charge in [-0.2, -0.15) is 27.1 Å². The third kappa shape index (κ3) is 5.05. The SMILES string of the molecule is FC(F)Oc1ccc(/C=N/Nc2ncc(C(F)(F)F)cc2Cl)cc1. The molecule has 0 unspecified atom stereocenters. The molecular formula is C14H9ClF5N3O. The maximum atomic E-state index is 12.5. The van der Waals surface area contributed by atoms with Crippen LogP contribution >= 0.6 is 11.6 Å². The molecule has 1 aromatic heterocycles. The van der Waals surface area contributed by atoms with Crippen LogP contribution < -0.4 is 10.2 Å². The van der Waals surface area contributed by atoms with Gasteiger partial charge in [0.15, 0.2) is 5.82 Å². The minimum Gasteiger partial charge on any atom is -0.435 e. The fourth-order valence-corrected chi connectivity index (χ4v) is 1.79. The third-order valence-corrected chi connectivity index (χ3v) is 2.95. The molecule has 0 aliphatic heterocycles. The molecule has 0 aliphatic rings. The zero-order chi connectivity index (χ0) is 17.7. The first-order valence-corrected chi connectivity index (χ1v) is 6.70. The van der Waals surface area contributed by atoms with E-state index in [2.05, 4.69) is 20.2 Å². The highest BCUT2D eigenvalue weighted by Gasteiger charge is 2.31. The van der Waals surface area contributed by atoms with E-state index in [0.29, 0.717) is 11.8 Å². The molecular weight excluding hydrogens is 357 g/mol. The summed E-state index contributed by atoms with van der Waals surface area (Å²) in [6.07, 6.45) is -2.61. The molecule has 0 atom stereocenters. The highest BCUT2D eigenvalue weighted by Crippen LogP contribution is 2.32. The summed E-state index contributed by atoms with van der Waals surface area (Å²) in [5, 5.41) is 3.52. The standard InChI is InChI=1S/C14H9ClF5N3O/c15-11-5-9(14(18,19)20)7-21-12(11)23-22-6-8-1-3-10(4-2-8)24-13(16)17/h1-7,13H,(H,21,23)/b22-6+. The summed E-state index contributed by atoms with van der Waals surface area (Å²) in [4.78, 5) is 3.54. The molecule has 10 heteroatoms. The van der Waals surface area contributed by atoms with Gasteiger partial charge in [0, 0.05) is 6.20 Å². The molecule has 0 saturated heterocycles. The van der Waals surface area contributed by atoms with Crippen molar-refractivity contribution in [3.05, 3.63) is 52.7 Å². The average Bonchev–Trinajstić information content (AvgIpc) is 2.49. The van der Waals surface area contributed by atoms with E-state index < -0.39 is 18.4 Å². The van der Waals surface area contributed by atoms with Crippen LogP contribution in [-0.2, 0) is 6.18 Å². The Kier molecular flexibility index (Phi) is 5.55. The monoisotopic (exact) mass is 365 g/mol. The van der Waals surface area contributed by atoms with Gasteiger partial charge in [0.2, 0.25) is 0 Å². The predicted octanol–water partition coefficient (Wildman–Crippen LogP) is 4.80. The van der Waals surface area contributed by atoms with Gasteiger partial charge in [-0.25, -0.2) is 4.98 Å². The first-order chi connectivity index (χ1) is 11.3. The summed E-state index contributed by atoms with van der Waals surface area (Å²) in [5.74, 6) is -0.0684. The fourth-order valence-electron chi connectivity index (χ4n) is 1.58. The first-order valence-electron chi connectivity index (χ1n) is 6.32. The number of ether oxygens (including phenoxy) is 1. The summed E-state index contributed by atoms with van der Waals surface area (Å²) in [6, 6.07) is 6.28. The number of pyridine rings is 1. The molecule has 0 bridgehead atoms. The summed E-state index contributed by atoms with van der Waals surface area (Å²) >= 11 is 5.70. The van der Waals surface area contributed by atoms with Crippen LogP contribution in [0.2, 0.25) is 5.02 Å². The number of anilines is 1. The zero-order valence-corrected chi connectivity index (χ0v) is 12.4. The summed E-state index contributed by atoms with van der Waals surface area (Å²) in [5.41, 5.74) is 1.95. The fraction of sp³-hybridized carbons (Fsp3) is 0.143. The van der Waals surface area contributed by atoms with Crippen molar-refractivity contribution in [2.75, 3.05) is 5.43 Å². The van der Waals surface area contributed by atoms with E-state index in [-0.39, 0.29) is 16.6 Å². The van der Waals surface area contributed by atoms with Crippen LogP contribution in [0.25, 0.3) is 0 Å². The van der Waals surface area contributed by atoms with Crippen LogP contribution in [0.15, 0.2) is 41.6 Å². The Bertz CT molecular complexity index is 719. The van der Waals surface area contributed by atoms with Gasteiger partial charge in [0.25, 0.3) is 0 Å². The maximum Gasteiger partial charge on any atom is 0.417 e. The van der Waals surface area contributed by atoms with Crippen LogP contribution in [0.5, 0.6) is 5.75 Å². The van der Waals surface area contributed by atoms with Crippen molar-refractivity contribution in [3.63, 3.8) is 0 Å². The lowest BCUT2D eigenvalue weighted by Gasteiger charge is -2.08. The second kappa shape index (κ2) is 7.43. The Morgan fingerprint density at radius 3 is 2.42 bits per heavy atom. The van der Waals surface area contributed by atoms with E-state index in [1.807, 2.05) is 0 Å². The number of hydrogen-bond acceptors (Lipinski definition) is 4. The molecule has 1 aromatic carbocycles. The number of benzene rings is 1. The number of aromatic nitrogens is 1. The van der Waals surface area contributed by atoms with Crippen molar-refractivity contribution in [2.24, 2.45) is 5.10 Å². The average molecular weight is 366 g/mol. The topological polar surface area (TPSA) is 46.5 Å². The lowest BCUT2D eigenvalue weighted by Crippen LogP contribution is -2.06. The van der Waals surface area contributed by atoms with Crippen molar-refractivity contribution < 1.29 is 26.7 Å². The van der Waals surface area contributed by atoms with Crippen LogP contribution in [0, 0.1) is 0 Å². The van der Waals surface area contributed by atoms with E-state index in [1.54, 1.807) is 0 Å². The second-order valence-electron chi connectivity index (χ2n) is 4.37. The van der Waals surface area contributed by atoms with Crippen molar-refractivity contribution in [1.29, 1.82) is 0 Å². The second-order valence-corrected chi connectivity index (χ2v) is 4.78. The summed E-state index contributed by atoms with van der Waals surface area (Å²) in [7, 11) is 0. The van der Waals surface area contributed by atoms with Gasteiger partial charge in [-0.1, -0.05) is 11.6 Å². The highest BCUT2D eigenvalue weighted by atomic mass is 35.5. The van der Waals surface area contributed by atoms with Gasteiger partial charge < -0.3 is 4.74 Å². The van der Waals surface area contributed by atoms with Crippen LogP contribution in [0.4, 0.5) is 27.8 Å². The van der Waals surface area contributed by atoms with E-state index in [9.17, 15) is 22.0 Å². The lowest BCUT2D eigenvalue weighted by atomic mass is 10.2. The number of halogens is 6. The third-order valence-electron chi connectivity index (χ3n) is 2.66. The number of alkyl halides is 5. The highest BCUT2D eigenvalue weighted by molar-refractivity contribution is 6.32. The molecule has 128 valence electrons. The molecule has 0 aliphatic carbocycles. The van der Waals surface area contributed by atoms with E-state index in [4.69, 9.17) is 11.6 Å². The van der Waals surface area contributed by atoms with Gasteiger partial charge in [0.05, 0.1) is 16.8 Å². The molecule has 0 fully saturated rings. The van der Waals surface area contributed by atoms with Gasteiger partial charge in [-0.3, -0.25) is 5.43 Å². The molecule has 0 radical (unpaired) electrons. The Morgan fingerprint density at radius 2 is 1.88 bits per heavy atom. The summed E-state index contributed by atoms with van der Waals surface area (Å²) in [6.45, 7) is -2.92. The first kappa shape index (κ1) is 17.9. The van der Waals surface area contributed by atoms with Crippen molar-refractivity contribution in [3.8, 4) is 5.75 Å². The van der Waals surface area contributed by atoms with Crippen molar-refractivity contribution >= 4 is 23.6 Å². The minimum atomic E-state index is -4.54. The number of hydrogen-bond donors (Lipinski definition) is 1. The smallest absolute Gasteiger partial charge is 0.417 e. The van der Waals surface area contributed by atoms with Crippen LogP contribution in [-0.4, -0.2) is 17.8 Å². The van der Waals surface area contributed by atoms with Gasteiger partial charge in [-0.05, 0) is 35.9 Å². The molecule has 4 nitrogen and oxygen atoms in total. The Balaban J connectivity index is 2.01. The van der Waals surface area contributed by atoms with E-state index >= 15 is 0 Å². The molecule has 2 aromatic rings. The molecule has 1 heterocycles. The summed E-state index contributed by atoms with van der Waals surface area (Å²) < 4.78 is 65.6. The molecule has 1 N–H and O–H groups in total. The lowest BCUT2D eigenvalue weighted by molar-refractivity contribution is -0.137. The quantitative estimate of drug-likeness (QED) is 0.470. The largest absolute Gasteiger partial charge is 0.435 e. The Morgan fingerprint density at radius 1 is 1.21 bits per heavy atom. The van der Waals surface area contributed by atoms with Gasteiger partial charge in [-0.15, -0.1) is 0 Å². The number of rotatable bonds is 5. The normalized spacial score (nSPS) is 12.0. The Hall–Kier alpha value is -2.42. The molecule has 0 amide bonds. The van der Waals surface area contributed by atoms with E-state index in [0.717, 1.165) is 6.07 Å².